The minimum atomic E-state index is -0.150. The summed E-state index contributed by atoms with van der Waals surface area (Å²) in [7, 11) is 5.75. The molecule has 0 aliphatic heterocycles. The average molecular weight is 285 g/mol. The molecule has 19 heavy (non-hydrogen) atoms. The summed E-state index contributed by atoms with van der Waals surface area (Å²) in [4.78, 5) is 18.2. The van der Waals surface area contributed by atoms with Gasteiger partial charge in [0.25, 0.3) is 5.91 Å². The maximum atomic E-state index is 12.0. The number of hydrogen-bond acceptors (Lipinski definition) is 4. The third-order valence-corrected chi connectivity index (χ3v) is 3.02. The van der Waals surface area contributed by atoms with Crippen molar-refractivity contribution in [2.24, 2.45) is 0 Å². The maximum absolute atomic E-state index is 12.0. The van der Waals surface area contributed by atoms with E-state index in [0.717, 1.165) is 13.0 Å². The SMILES string of the molecule is CNc1ncc(C(=O)NC(C)CCN(C)C)cc1Cl. The smallest absolute Gasteiger partial charge is 0.253 e. The quantitative estimate of drug-likeness (QED) is 0.837. The topological polar surface area (TPSA) is 57.3 Å². The van der Waals surface area contributed by atoms with Gasteiger partial charge in [-0.15, -0.1) is 0 Å². The molecule has 1 atom stereocenters. The van der Waals surface area contributed by atoms with Gasteiger partial charge in [-0.25, -0.2) is 4.98 Å². The summed E-state index contributed by atoms with van der Waals surface area (Å²) in [6, 6.07) is 1.73. The lowest BCUT2D eigenvalue weighted by molar-refractivity contribution is 0.0936. The lowest BCUT2D eigenvalue weighted by Crippen LogP contribution is -2.34. The van der Waals surface area contributed by atoms with Gasteiger partial charge in [0.1, 0.15) is 5.82 Å². The van der Waals surface area contributed by atoms with Crippen LogP contribution in [0, 0.1) is 0 Å². The first kappa shape index (κ1) is 15.7. The van der Waals surface area contributed by atoms with Crippen molar-refractivity contribution in [1.29, 1.82) is 0 Å². The minimum absolute atomic E-state index is 0.109. The van der Waals surface area contributed by atoms with Crippen molar-refractivity contribution in [2.45, 2.75) is 19.4 Å². The summed E-state index contributed by atoms with van der Waals surface area (Å²) < 4.78 is 0. The van der Waals surface area contributed by atoms with E-state index in [9.17, 15) is 4.79 Å². The highest BCUT2D eigenvalue weighted by atomic mass is 35.5. The zero-order chi connectivity index (χ0) is 14.4. The Morgan fingerprint density at radius 2 is 2.21 bits per heavy atom. The van der Waals surface area contributed by atoms with E-state index in [1.807, 2.05) is 21.0 Å². The predicted octanol–water partition coefficient (Wildman–Crippen LogP) is 1.85. The molecule has 2 N–H and O–H groups in total. The van der Waals surface area contributed by atoms with Crippen LogP contribution in [-0.2, 0) is 0 Å². The molecule has 1 rings (SSSR count). The molecule has 0 spiro atoms. The summed E-state index contributed by atoms with van der Waals surface area (Å²) in [6.45, 7) is 2.91. The number of carbonyl (C=O) groups is 1. The second kappa shape index (κ2) is 7.31. The van der Waals surface area contributed by atoms with E-state index >= 15 is 0 Å². The van der Waals surface area contributed by atoms with E-state index in [4.69, 9.17) is 11.6 Å². The fraction of sp³-hybridized carbons (Fsp3) is 0.538. The van der Waals surface area contributed by atoms with Crippen LogP contribution in [0.1, 0.15) is 23.7 Å². The number of hydrogen-bond donors (Lipinski definition) is 2. The largest absolute Gasteiger partial charge is 0.372 e. The first-order valence-corrected chi connectivity index (χ1v) is 6.60. The van der Waals surface area contributed by atoms with Gasteiger partial charge in [0.2, 0.25) is 0 Å². The number of pyridine rings is 1. The summed E-state index contributed by atoms with van der Waals surface area (Å²) in [6.07, 6.45) is 2.42. The van der Waals surface area contributed by atoms with Gasteiger partial charge < -0.3 is 15.5 Å². The average Bonchev–Trinajstić information content (AvgIpc) is 2.36. The Bertz CT molecular complexity index is 437. The van der Waals surface area contributed by atoms with E-state index in [-0.39, 0.29) is 11.9 Å². The highest BCUT2D eigenvalue weighted by molar-refractivity contribution is 6.33. The van der Waals surface area contributed by atoms with Gasteiger partial charge >= 0.3 is 0 Å². The number of halogens is 1. The van der Waals surface area contributed by atoms with Gasteiger partial charge in [0.05, 0.1) is 10.6 Å². The van der Waals surface area contributed by atoms with Gasteiger partial charge in [0, 0.05) is 19.3 Å². The predicted molar refractivity (Wildman–Crippen MR) is 78.9 cm³/mol. The Morgan fingerprint density at radius 3 is 2.74 bits per heavy atom. The Labute approximate surface area is 119 Å². The lowest BCUT2D eigenvalue weighted by Gasteiger charge is -2.16. The van der Waals surface area contributed by atoms with Crippen LogP contribution in [0.3, 0.4) is 0 Å². The van der Waals surface area contributed by atoms with Crippen LogP contribution in [0.4, 0.5) is 5.82 Å². The van der Waals surface area contributed by atoms with Crippen LogP contribution < -0.4 is 10.6 Å². The zero-order valence-electron chi connectivity index (χ0n) is 11.8. The molecule has 0 saturated heterocycles. The van der Waals surface area contributed by atoms with E-state index in [1.54, 1.807) is 13.1 Å². The maximum Gasteiger partial charge on any atom is 0.253 e. The van der Waals surface area contributed by atoms with Crippen molar-refractivity contribution >= 4 is 23.3 Å². The molecule has 0 aromatic carbocycles. The number of nitrogens with zero attached hydrogens (tertiary/aromatic N) is 2. The molecule has 5 nitrogen and oxygen atoms in total. The van der Waals surface area contributed by atoms with Gasteiger partial charge in [-0.05, 0) is 40.1 Å². The number of rotatable bonds is 6. The Kier molecular flexibility index (Phi) is 6.05. The normalized spacial score (nSPS) is 12.3. The van der Waals surface area contributed by atoms with E-state index in [0.29, 0.717) is 16.4 Å². The van der Waals surface area contributed by atoms with Crippen LogP contribution >= 0.6 is 11.6 Å². The minimum Gasteiger partial charge on any atom is -0.372 e. The molecule has 1 amide bonds. The second-order valence-corrected chi connectivity index (χ2v) is 5.18. The zero-order valence-corrected chi connectivity index (χ0v) is 12.6. The highest BCUT2D eigenvalue weighted by Gasteiger charge is 2.12. The number of anilines is 1. The molecular weight excluding hydrogens is 264 g/mol. The summed E-state index contributed by atoms with van der Waals surface area (Å²) in [5.41, 5.74) is 0.473. The van der Waals surface area contributed by atoms with Crippen molar-refractivity contribution < 1.29 is 4.79 Å². The van der Waals surface area contributed by atoms with Crippen molar-refractivity contribution in [3.63, 3.8) is 0 Å². The van der Waals surface area contributed by atoms with Gasteiger partial charge in [-0.1, -0.05) is 11.6 Å². The summed E-state index contributed by atoms with van der Waals surface area (Å²) in [5, 5.41) is 6.23. The Balaban J connectivity index is 2.60. The molecule has 0 radical (unpaired) electrons. The summed E-state index contributed by atoms with van der Waals surface area (Å²) >= 11 is 6.00. The molecule has 0 aliphatic carbocycles. The summed E-state index contributed by atoms with van der Waals surface area (Å²) in [5.74, 6) is 0.419. The molecule has 0 fully saturated rings. The first-order chi connectivity index (χ1) is 8.93. The van der Waals surface area contributed by atoms with Crippen molar-refractivity contribution in [2.75, 3.05) is 33.0 Å². The number of aromatic nitrogens is 1. The third-order valence-electron chi connectivity index (χ3n) is 2.73. The van der Waals surface area contributed by atoms with Crippen LogP contribution in [0.2, 0.25) is 5.02 Å². The van der Waals surface area contributed by atoms with Gasteiger partial charge in [-0.2, -0.15) is 0 Å². The molecule has 1 unspecified atom stereocenters. The van der Waals surface area contributed by atoms with Crippen LogP contribution in [0.15, 0.2) is 12.3 Å². The van der Waals surface area contributed by atoms with Crippen LogP contribution in [0.25, 0.3) is 0 Å². The first-order valence-electron chi connectivity index (χ1n) is 6.23. The standard InChI is InChI=1S/C13H21ClN4O/c1-9(5-6-18(3)4)17-13(19)10-7-11(14)12(15-2)16-8-10/h7-9H,5-6H2,1-4H3,(H,15,16)(H,17,19). The Morgan fingerprint density at radius 1 is 1.53 bits per heavy atom. The number of nitrogens with one attached hydrogen (secondary N) is 2. The van der Waals surface area contributed by atoms with Crippen molar-refractivity contribution in [1.82, 2.24) is 15.2 Å². The van der Waals surface area contributed by atoms with Crippen molar-refractivity contribution in [3.05, 3.63) is 22.8 Å². The Hall–Kier alpha value is -1.33. The molecule has 1 aromatic rings. The number of amides is 1. The molecule has 1 aromatic heterocycles. The monoisotopic (exact) mass is 284 g/mol. The van der Waals surface area contributed by atoms with E-state index in [2.05, 4.69) is 20.5 Å². The molecule has 0 saturated carbocycles. The van der Waals surface area contributed by atoms with Gasteiger partial charge in [-0.3, -0.25) is 4.79 Å². The van der Waals surface area contributed by atoms with Crippen molar-refractivity contribution in [3.8, 4) is 0 Å². The molecule has 106 valence electrons. The van der Waals surface area contributed by atoms with E-state index in [1.165, 1.54) is 6.20 Å². The fourth-order valence-electron chi connectivity index (χ4n) is 1.58. The molecule has 0 aliphatic rings. The highest BCUT2D eigenvalue weighted by Crippen LogP contribution is 2.19. The van der Waals surface area contributed by atoms with E-state index < -0.39 is 0 Å². The fourth-order valence-corrected chi connectivity index (χ4v) is 1.84. The van der Waals surface area contributed by atoms with Crippen LogP contribution in [0.5, 0.6) is 0 Å². The number of carbonyl (C=O) groups excluding carboxylic acids is 1. The molecule has 6 heteroatoms. The molecular formula is C13H21ClN4O. The lowest BCUT2D eigenvalue weighted by atomic mass is 10.2. The third kappa shape index (κ3) is 5.04. The van der Waals surface area contributed by atoms with Gasteiger partial charge in [0.15, 0.2) is 0 Å². The molecule has 0 bridgehead atoms. The van der Waals surface area contributed by atoms with Crippen LogP contribution in [-0.4, -0.2) is 49.5 Å². The molecule has 1 heterocycles. The second-order valence-electron chi connectivity index (χ2n) is 4.77.